The van der Waals surface area contributed by atoms with E-state index in [-0.39, 0.29) is 5.92 Å². The van der Waals surface area contributed by atoms with Crippen LogP contribution in [0.1, 0.15) is 25.7 Å². The van der Waals surface area contributed by atoms with Crippen molar-refractivity contribution in [2.75, 3.05) is 34.2 Å². The predicted molar refractivity (Wildman–Crippen MR) is 66.1 cm³/mol. The van der Waals surface area contributed by atoms with E-state index < -0.39 is 0 Å². The molecule has 0 radical (unpaired) electrons. The van der Waals surface area contributed by atoms with Gasteiger partial charge in [-0.3, -0.25) is 4.79 Å². The second kappa shape index (κ2) is 6.21. The number of nitrogens with zero attached hydrogens (tertiary/aromatic N) is 2. The molecule has 0 heterocycles. The Morgan fingerprint density at radius 1 is 1.12 bits per heavy atom. The molecular formula is C12H25N3O. The fraction of sp³-hybridized carbons (Fsp3) is 0.917. The van der Waals surface area contributed by atoms with Crippen LogP contribution in [0.2, 0.25) is 0 Å². The summed E-state index contributed by atoms with van der Waals surface area (Å²) in [6.45, 7) is 1.74. The molecular weight excluding hydrogens is 202 g/mol. The Balaban J connectivity index is 2.32. The molecule has 1 rings (SSSR count). The van der Waals surface area contributed by atoms with Crippen LogP contribution >= 0.6 is 0 Å². The van der Waals surface area contributed by atoms with Crippen LogP contribution in [-0.2, 0) is 4.79 Å². The van der Waals surface area contributed by atoms with Crippen LogP contribution in [0.4, 0.5) is 0 Å². The zero-order valence-electron chi connectivity index (χ0n) is 10.8. The Morgan fingerprint density at radius 3 is 2.19 bits per heavy atom. The molecule has 0 saturated heterocycles. The lowest BCUT2D eigenvalue weighted by atomic mass is 9.85. The number of likely N-dealkylation sites (N-methyl/N-ethyl adjacent to an activating group) is 2. The molecule has 16 heavy (non-hydrogen) atoms. The van der Waals surface area contributed by atoms with E-state index >= 15 is 0 Å². The third-order valence-corrected chi connectivity index (χ3v) is 3.38. The van der Waals surface area contributed by atoms with Crippen molar-refractivity contribution in [3.8, 4) is 0 Å². The lowest BCUT2D eigenvalue weighted by Crippen LogP contribution is -2.40. The van der Waals surface area contributed by atoms with Crippen molar-refractivity contribution in [2.45, 2.75) is 31.7 Å². The van der Waals surface area contributed by atoms with Gasteiger partial charge in [-0.2, -0.15) is 0 Å². The zero-order chi connectivity index (χ0) is 12.1. The molecule has 0 spiro atoms. The molecule has 4 heteroatoms. The van der Waals surface area contributed by atoms with Gasteiger partial charge in [0.1, 0.15) is 0 Å². The van der Waals surface area contributed by atoms with Gasteiger partial charge in [-0.1, -0.05) is 0 Å². The minimum atomic E-state index is 0.215. The second-order valence-corrected chi connectivity index (χ2v) is 5.17. The Morgan fingerprint density at radius 2 is 1.69 bits per heavy atom. The van der Waals surface area contributed by atoms with Crippen LogP contribution in [0.5, 0.6) is 0 Å². The van der Waals surface area contributed by atoms with Gasteiger partial charge < -0.3 is 15.5 Å². The molecule has 0 atom stereocenters. The minimum Gasteiger partial charge on any atom is -0.344 e. The molecule has 0 aromatic carbocycles. The summed E-state index contributed by atoms with van der Waals surface area (Å²) < 4.78 is 0. The predicted octanol–water partition coefficient (Wildman–Crippen LogP) is 0.524. The average Bonchev–Trinajstić information content (AvgIpc) is 2.26. The van der Waals surface area contributed by atoms with Crippen molar-refractivity contribution in [3.63, 3.8) is 0 Å². The number of amides is 1. The molecule has 1 amide bonds. The molecule has 1 saturated carbocycles. The third-order valence-electron chi connectivity index (χ3n) is 3.38. The van der Waals surface area contributed by atoms with E-state index in [4.69, 9.17) is 5.73 Å². The Labute approximate surface area is 98.8 Å². The first kappa shape index (κ1) is 13.5. The molecule has 0 aromatic rings. The van der Waals surface area contributed by atoms with E-state index in [0.717, 1.165) is 38.8 Å². The molecule has 0 aromatic heterocycles. The lowest BCUT2D eigenvalue weighted by molar-refractivity contribution is -0.135. The maximum absolute atomic E-state index is 12.1. The van der Waals surface area contributed by atoms with Crippen LogP contribution in [0.3, 0.4) is 0 Å². The minimum absolute atomic E-state index is 0.215. The van der Waals surface area contributed by atoms with Crippen molar-refractivity contribution < 1.29 is 4.79 Å². The average molecular weight is 227 g/mol. The fourth-order valence-electron chi connectivity index (χ4n) is 2.14. The molecule has 0 bridgehead atoms. The van der Waals surface area contributed by atoms with Gasteiger partial charge >= 0.3 is 0 Å². The summed E-state index contributed by atoms with van der Waals surface area (Å²) in [7, 11) is 5.95. The fourth-order valence-corrected chi connectivity index (χ4v) is 2.14. The molecule has 0 unspecified atom stereocenters. The van der Waals surface area contributed by atoms with Gasteiger partial charge in [-0.15, -0.1) is 0 Å². The van der Waals surface area contributed by atoms with Crippen molar-refractivity contribution >= 4 is 5.91 Å². The van der Waals surface area contributed by atoms with Gasteiger partial charge in [0.25, 0.3) is 0 Å². The normalized spacial score (nSPS) is 25.8. The number of carbonyl (C=O) groups is 1. The summed E-state index contributed by atoms with van der Waals surface area (Å²) in [5.74, 6) is 0.515. The summed E-state index contributed by atoms with van der Waals surface area (Å²) >= 11 is 0. The number of rotatable bonds is 4. The maximum Gasteiger partial charge on any atom is 0.225 e. The first-order valence-electron chi connectivity index (χ1n) is 6.16. The van der Waals surface area contributed by atoms with Crippen LogP contribution in [-0.4, -0.2) is 56.0 Å². The van der Waals surface area contributed by atoms with E-state index in [1.807, 2.05) is 26.0 Å². The van der Waals surface area contributed by atoms with E-state index in [1.165, 1.54) is 0 Å². The number of hydrogen-bond acceptors (Lipinski definition) is 3. The number of nitrogens with two attached hydrogens (primary N) is 1. The van der Waals surface area contributed by atoms with E-state index in [9.17, 15) is 4.79 Å². The highest BCUT2D eigenvalue weighted by Crippen LogP contribution is 2.24. The highest BCUT2D eigenvalue weighted by atomic mass is 16.2. The molecule has 2 N–H and O–H groups in total. The van der Waals surface area contributed by atoms with Crippen LogP contribution in [0.25, 0.3) is 0 Å². The monoisotopic (exact) mass is 227 g/mol. The molecule has 1 aliphatic rings. The maximum atomic E-state index is 12.1. The van der Waals surface area contributed by atoms with Crippen molar-refractivity contribution in [1.29, 1.82) is 0 Å². The Kier molecular flexibility index (Phi) is 5.22. The molecule has 1 aliphatic carbocycles. The topological polar surface area (TPSA) is 49.6 Å². The van der Waals surface area contributed by atoms with E-state index in [0.29, 0.717) is 11.9 Å². The van der Waals surface area contributed by atoms with Gasteiger partial charge in [-0.25, -0.2) is 0 Å². The third kappa shape index (κ3) is 4.10. The quantitative estimate of drug-likeness (QED) is 0.762. The first-order valence-corrected chi connectivity index (χ1v) is 6.16. The van der Waals surface area contributed by atoms with Gasteiger partial charge in [0, 0.05) is 32.1 Å². The van der Waals surface area contributed by atoms with Gasteiger partial charge in [0.15, 0.2) is 0 Å². The summed E-state index contributed by atoms with van der Waals surface area (Å²) in [5.41, 5.74) is 5.84. The van der Waals surface area contributed by atoms with Crippen molar-refractivity contribution in [2.24, 2.45) is 11.7 Å². The summed E-state index contributed by atoms with van der Waals surface area (Å²) in [6, 6.07) is 0.316. The molecule has 94 valence electrons. The van der Waals surface area contributed by atoms with Gasteiger partial charge in [0.05, 0.1) is 0 Å². The highest BCUT2D eigenvalue weighted by Gasteiger charge is 2.26. The SMILES string of the molecule is CN(C)CCN(C)C(=O)[C@H]1CC[C@H](N)CC1. The smallest absolute Gasteiger partial charge is 0.225 e. The van der Waals surface area contributed by atoms with Crippen LogP contribution in [0.15, 0.2) is 0 Å². The largest absolute Gasteiger partial charge is 0.344 e. The number of carbonyl (C=O) groups excluding carboxylic acids is 1. The lowest BCUT2D eigenvalue weighted by Gasteiger charge is -2.29. The van der Waals surface area contributed by atoms with Crippen molar-refractivity contribution in [3.05, 3.63) is 0 Å². The summed E-state index contributed by atoms with van der Waals surface area (Å²) in [4.78, 5) is 16.0. The van der Waals surface area contributed by atoms with Crippen molar-refractivity contribution in [1.82, 2.24) is 9.80 Å². The molecule has 0 aliphatic heterocycles. The Hall–Kier alpha value is -0.610. The summed E-state index contributed by atoms with van der Waals surface area (Å²) in [5, 5.41) is 0. The second-order valence-electron chi connectivity index (χ2n) is 5.17. The molecule has 1 fully saturated rings. The first-order chi connectivity index (χ1) is 7.50. The summed E-state index contributed by atoms with van der Waals surface area (Å²) in [6.07, 6.45) is 3.93. The van der Waals surface area contributed by atoms with E-state index in [1.54, 1.807) is 0 Å². The van der Waals surface area contributed by atoms with Gasteiger partial charge in [-0.05, 0) is 39.8 Å². The number of hydrogen-bond donors (Lipinski definition) is 1. The Bertz CT molecular complexity index is 222. The van der Waals surface area contributed by atoms with Crippen LogP contribution < -0.4 is 5.73 Å². The van der Waals surface area contributed by atoms with Crippen LogP contribution in [0, 0.1) is 5.92 Å². The van der Waals surface area contributed by atoms with E-state index in [2.05, 4.69) is 4.90 Å². The molecule has 4 nitrogen and oxygen atoms in total. The standard InChI is InChI=1S/C12H25N3O/c1-14(2)8-9-15(3)12(16)10-4-6-11(13)7-5-10/h10-11H,4-9,13H2,1-3H3/t10-,11-. The highest BCUT2D eigenvalue weighted by molar-refractivity contribution is 5.78. The van der Waals surface area contributed by atoms with Gasteiger partial charge in [0.2, 0.25) is 5.91 Å². The zero-order valence-corrected chi connectivity index (χ0v) is 10.8.